The van der Waals surface area contributed by atoms with Gasteiger partial charge in [-0.2, -0.15) is 0 Å². The van der Waals surface area contributed by atoms with Gasteiger partial charge in [0.15, 0.2) is 0 Å². The first kappa shape index (κ1) is 9.90. The fraction of sp³-hybridized carbons (Fsp3) is 0.111. The molecule has 13 heavy (non-hydrogen) atoms. The van der Waals surface area contributed by atoms with E-state index >= 15 is 0 Å². The molecular formula is C9H10O3P+. The first-order valence-electron chi connectivity index (χ1n) is 3.74. The monoisotopic (exact) mass is 197 g/mol. The van der Waals surface area contributed by atoms with Crippen LogP contribution in [0, 0.1) is 0 Å². The second kappa shape index (κ2) is 5.46. The molecule has 1 rings (SSSR count). The summed E-state index contributed by atoms with van der Waals surface area (Å²) in [5, 5.41) is 0. The third-order valence-corrected chi connectivity index (χ3v) is 2.00. The van der Waals surface area contributed by atoms with Gasteiger partial charge in [-0.1, -0.05) is 36.9 Å². The van der Waals surface area contributed by atoms with Crippen molar-refractivity contribution in [3.05, 3.63) is 48.7 Å². The van der Waals surface area contributed by atoms with Crippen LogP contribution in [0.15, 0.2) is 43.2 Å². The van der Waals surface area contributed by atoms with Crippen molar-refractivity contribution in [2.24, 2.45) is 0 Å². The van der Waals surface area contributed by atoms with Crippen molar-refractivity contribution in [3.63, 3.8) is 0 Å². The largest absolute Gasteiger partial charge is 0.749 e. The molecule has 0 amide bonds. The lowest BCUT2D eigenvalue weighted by Gasteiger charge is -1.91. The van der Waals surface area contributed by atoms with E-state index < -0.39 is 8.25 Å². The lowest BCUT2D eigenvalue weighted by atomic mass is 10.2. The normalized spacial score (nSPS) is 10.6. The molecule has 1 aromatic rings. The summed E-state index contributed by atoms with van der Waals surface area (Å²) in [7, 11) is -2.07. The molecular weight excluding hydrogens is 187 g/mol. The van der Waals surface area contributed by atoms with E-state index in [1.165, 1.54) is 0 Å². The van der Waals surface area contributed by atoms with E-state index in [2.05, 4.69) is 11.1 Å². The van der Waals surface area contributed by atoms with Crippen LogP contribution in [0.2, 0.25) is 0 Å². The molecule has 1 unspecified atom stereocenters. The standard InChI is InChI=1S/C9H10O3P/c1-2-11-13(10)12-8-9-6-4-3-5-7-9/h2-7H,1,8H2/q+1. The van der Waals surface area contributed by atoms with Gasteiger partial charge in [0.1, 0.15) is 12.9 Å². The topological polar surface area (TPSA) is 35.5 Å². The predicted octanol–water partition coefficient (Wildman–Crippen LogP) is 3.02. The molecule has 0 aliphatic carbocycles. The van der Waals surface area contributed by atoms with Crippen molar-refractivity contribution in [2.75, 3.05) is 0 Å². The van der Waals surface area contributed by atoms with E-state index in [1.54, 1.807) is 0 Å². The van der Waals surface area contributed by atoms with E-state index in [9.17, 15) is 4.57 Å². The molecule has 0 radical (unpaired) electrons. The minimum atomic E-state index is -2.07. The van der Waals surface area contributed by atoms with Crippen molar-refractivity contribution in [2.45, 2.75) is 6.61 Å². The molecule has 0 fully saturated rings. The highest BCUT2D eigenvalue weighted by atomic mass is 31.1. The molecule has 0 aliphatic heterocycles. The highest BCUT2D eigenvalue weighted by molar-refractivity contribution is 7.33. The van der Waals surface area contributed by atoms with Crippen LogP contribution in [-0.2, 0) is 20.2 Å². The van der Waals surface area contributed by atoms with Crippen molar-refractivity contribution >= 4 is 8.25 Å². The zero-order valence-corrected chi connectivity index (χ0v) is 7.94. The molecule has 68 valence electrons. The van der Waals surface area contributed by atoms with E-state index in [0.29, 0.717) is 0 Å². The molecule has 1 aromatic carbocycles. The van der Waals surface area contributed by atoms with Gasteiger partial charge < -0.3 is 0 Å². The maximum absolute atomic E-state index is 10.8. The third kappa shape index (κ3) is 3.83. The first-order chi connectivity index (χ1) is 6.33. The zero-order valence-electron chi connectivity index (χ0n) is 7.05. The van der Waals surface area contributed by atoms with Crippen molar-refractivity contribution in [1.29, 1.82) is 0 Å². The van der Waals surface area contributed by atoms with E-state index in [0.717, 1.165) is 11.8 Å². The summed E-state index contributed by atoms with van der Waals surface area (Å²) in [6.07, 6.45) is 1.10. The minimum absolute atomic E-state index is 0.282. The molecule has 0 saturated heterocycles. The van der Waals surface area contributed by atoms with Gasteiger partial charge >= 0.3 is 8.25 Å². The summed E-state index contributed by atoms with van der Waals surface area (Å²) >= 11 is 0. The second-order valence-corrected chi connectivity index (χ2v) is 3.17. The fourth-order valence-electron chi connectivity index (χ4n) is 0.793. The number of hydrogen-bond donors (Lipinski definition) is 0. The average Bonchev–Trinajstić information content (AvgIpc) is 2.17. The third-order valence-electron chi connectivity index (χ3n) is 1.34. The summed E-state index contributed by atoms with van der Waals surface area (Å²) in [5.41, 5.74) is 0.957. The van der Waals surface area contributed by atoms with Gasteiger partial charge in [-0.3, -0.25) is 0 Å². The Balaban J connectivity index is 2.35. The SMILES string of the molecule is C=CO[P+](=O)OCc1ccccc1. The van der Waals surface area contributed by atoms with Gasteiger partial charge in [0.25, 0.3) is 0 Å². The van der Waals surface area contributed by atoms with Crippen LogP contribution >= 0.6 is 8.25 Å². The lowest BCUT2D eigenvalue weighted by Crippen LogP contribution is -1.84. The van der Waals surface area contributed by atoms with Crippen LogP contribution in [-0.4, -0.2) is 0 Å². The summed E-state index contributed by atoms with van der Waals surface area (Å²) in [5.74, 6) is 0. The van der Waals surface area contributed by atoms with E-state index in [1.807, 2.05) is 30.3 Å². The van der Waals surface area contributed by atoms with Gasteiger partial charge in [0.05, 0.1) is 0 Å². The molecule has 0 spiro atoms. The molecule has 0 N–H and O–H groups in total. The van der Waals surface area contributed by atoms with Crippen LogP contribution < -0.4 is 0 Å². The Morgan fingerprint density at radius 1 is 1.38 bits per heavy atom. The molecule has 0 heterocycles. The molecule has 1 atom stereocenters. The van der Waals surface area contributed by atoms with E-state index in [4.69, 9.17) is 4.52 Å². The summed E-state index contributed by atoms with van der Waals surface area (Å²) in [4.78, 5) is 0. The lowest BCUT2D eigenvalue weighted by molar-refractivity contribution is 0.263. The Labute approximate surface area is 77.9 Å². The molecule has 0 saturated carbocycles. The maximum Gasteiger partial charge on any atom is 0.749 e. The average molecular weight is 197 g/mol. The fourth-order valence-corrected chi connectivity index (χ4v) is 1.23. The van der Waals surface area contributed by atoms with Gasteiger partial charge in [0.2, 0.25) is 0 Å². The van der Waals surface area contributed by atoms with Crippen LogP contribution in [0.1, 0.15) is 5.56 Å². The second-order valence-electron chi connectivity index (χ2n) is 2.25. The molecule has 3 nitrogen and oxygen atoms in total. The Morgan fingerprint density at radius 3 is 2.69 bits per heavy atom. The zero-order chi connectivity index (χ0) is 9.52. The van der Waals surface area contributed by atoms with Crippen molar-refractivity contribution in [1.82, 2.24) is 0 Å². The summed E-state index contributed by atoms with van der Waals surface area (Å²) < 4.78 is 20.2. The Kier molecular flexibility index (Phi) is 4.16. The molecule has 4 heteroatoms. The number of rotatable bonds is 5. The van der Waals surface area contributed by atoms with Gasteiger partial charge in [-0.05, 0) is 5.56 Å². The predicted molar refractivity (Wildman–Crippen MR) is 50.1 cm³/mol. The van der Waals surface area contributed by atoms with Gasteiger partial charge in [-0.25, -0.2) is 4.52 Å². The van der Waals surface area contributed by atoms with Crippen LogP contribution in [0.3, 0.4) is 0 Å². The van der Waals surface area contributed by atoms with E-state index in [-0.39, 0.29) is 6.61 Å². The quantitative estimate of drug-likeness (QED) is 0.537. The van der Waals surface area contributed by atoms with Crippen LogP contribution in [0.5, 0.6) is 0 Å². The number of benzene rings is 1. The summed E-state index contributed by atoms with van der Waals surface area (Å²) in [6.45, 7) is 3.55. The van der Waals surface area contributed by atoms with Gasteiger partial charge in [-0.15, -0.1) is 4.52 Å². The highest BCUT2D eigenvalue weighted by Crippen LogP contribution is 2.25. The Hall–Kier alpha value is -1.18. The molecule has 0 aliphatic rings. The summed E-state index contributed by atoms with van der Waals surface area (Å²) in [6, 6.07) is 9.46. The smallest absolute Gasteiger partial charge is 0.238 e. The highest BCUT2D eigenvalue weighted by Gasteiger charge is 2.18. The molecule has 0 bridgehead atoms. The van der Waals surface area contributed by atoms with Crippen molar-refractivity contribution in [3.8, 4) is 0 Å². The molecule has 0 aromatic heterocycles. The maximum atomic E-state index is 10.8. The minimum Gasteiger partial charge on any atom is -0.238 e. The van der Waals surface area contributed by atoms with Gasteiger partial charge in [0, 0.05) is 4.57 Å². The Morgan fingerprint density at radius 2 is 2.08 bits per heavy atom. The first-order valence-corrected chi connectivity index (χ1v) is 4.84. The Bertz CT molecular complexity index is 284. The number of hydrogen-bond acceptors (Lipinski definition) is 3. The van der Waals surface area contributed by atoms with Crippen LogP contribution in [0.25, 0.3) is 0 Å². The van der Waals surface area contributed by atoms with Crippen molar-refractivity contribution < 1.29 is 13.6 Å². The van der Waals surface area contributed by atoms with Crippen LogP contribution in [0.4, 0.5) is 0 Å².